The Kier molecular flexibility index (Phi) is 6.19. The van der Waals surface area contributed by atoms with E-state index in [-0.39, 0.29) is 18.2 Å². The summed E-state index contributed by atoms with van der Waals surface area (Å²) in [7, 11) is 4.65. The minimum atomic E-state index is -0.370. The lowest BCUT2D eigenvalue weighted by Gasteiger charge is -2.42. The lowest BCUT2D eigenvalue weighted by molar-refractivity contribution is -0.129. The molecule has 2 aromatic rings. The second-order valence-electron chi connectivity index (χ2n) is 7.66. The number of aryl methyl sites for hydroxylation is 1. The van der Waals surface area contributed by atoms with Crippen LogP contribution in [0, 0.1) is 18.3 Å². The van der Waals surface area contributed by atoms with Crippen molar-refractivity contribution in [3.8, 4) is 23.3 Å². The highest BCUT2D eigenvalue weighted by molar-refractivity contribution is 8.03. The number of methoxy groups -OCH3 is 3. The molecule has 0 bridgehead atoms. The number of allylic oxidation sites excluding steroid dienone is 1. The molecular formula is C24H25N3O4S. The van der Waals surface area contributed by atoms with Gasteiger partial charge in [0.1, 0.15) is 0 Å². The fraction of sp³-hybridized carbons (Fsp3) is 0.333. The number of carbonyl (C=O) groups is 1. The van der Waals surface area contributed by atoms with Crippen molar-refractivity contribution < 1.29 is 19.0 Å². The Morgan fingerprint density at radius 3 is 2.28 bits per heavy atom. The molecule has 2 heterocycles. The Hall–Kier alpha value is -3.31. The first kappa shape index (κ1) is 21.9. The van der Waals surface area contributed by atoms with E-state index in [0.717, 1.165) is 16.3 Å². The summed E-state index contributed by atoms with van der Waals surface area (Å²) in [4.78, 5) is 17.1. The number of nitriles is 1. The van der Waals surface area contributed by atoms with Gasteiger partial charge in [-0.15, -0.1) is 0 Å². The summed E-state index contributed by atoms with van der Waals surface area (Å²) in [6.07, 6.45) is 0.202. The van der Waals surface area contributed by atoms with Crippen LogP contribution < -0.4 is 19.1 Å². The first-order valence-electron chi connectivity index (χ1n) is 10.2. The Balaban J connectivity index is 1.70. The van der Waals surface area contributed by atoms with E-state index in [1.807, 2.05) is 19.1 Å². The molecule has 1 saturated heterocycles. The predicted molar refractivity (Wildman–Crippen MR) is 124 cm³/mol. The van der Waals surface area contributed by atoms with E-state index in [1.54, 1.807) is 26.2 Å². The normalized spacial score (nSPS) is 18.2. The lowest BCUT2D eigenvalue weighted by Crippen LogP contribution is -2.47. The molecule has 0 saturated carbocycles. The standard InChI is InChI=1S/C24H25N3O4S/c1-15-5-7-17(8-6-15)26-13-27-22(28)11-18(19(12-25)24(27)32-14-26)16-9-20(29-2)23(31-4)21(10-16)30-3/h5-10,18H,11,13-14H2,1-4H3. The van der Waals surface area contributed by atoms with Crippen LogP contribution in [-0.2, 0) is 4.79 Å². The van der Waals surface area contributed by atoms with E-state index in [9.17, 15) is 10.1 Å². The van der Waals surface area contributed by atoms with Gasteiger partial charge in [0.15, 0.2) is 11.5 Å². The number of hydrogen-bond acceptors (Lipinski definition) is 7. The van der Waals surface area contributed by atoms with E-state index >= 15 is 0 Å². The van der Waals surface area contributed by atoms with Crippen LogP contribution >= 0.6 is 11.8 Å². The van der Waals surface area contributed by atoms with Gasteiger partial charge in [0.25, 0.3) is 0 Å². The number of carbonyl (C=O) groups excluding carboxylic acids is 1. The van der Waals surface area contributed by atoms with Crippen molar-refractivity contribution in [2.75, 3.05) is 38.8 Å². The number of amides is 1. The summed E-state index contributed by atoms with van der Waals surface area (Å²) in [5.41, 5.74) is 3.62. The van der Waals surface area contributed by atoms with Crippen LogP contribution in [0.1, 0.15) is 23.5 Å². The Labute approximate surface area is 192 Å². The Morgan fingerprint density at radius 2 is 1.72 bits per heavy atom. The van der Waals surface area contributed by atoms with Crippen molar-refractivity contribution in [2.45, 2.75) is 19.3 Å². The molecule has 32 heavy (non-hydrogen) atoms. The first-order valence-corrected chi connectivity index (χ1v) is 11.2. The largest absolute Gasteiger partial charge is 0.493 e. The molecule has 1 unspecified atom stereocenters. The average molecular weight is 452 g/mol. The highest BCUT2D eigenvalue weighted by Gasteiger charge is 2.39. The number of hydrogen-bond donors (Lipinski definition) is 0. The maximum atomic E-state index is 13.2. The van der Waals surface area contributed by atoms with Gasteiger partial charge in [0.05, 0.1) is 50.5 Å². The molecule has 2 aliphatic heterocycles. The number of rotatable bonds is 5. The van der Waals surface area contributed by atoms with Crippen LogP contribution in [0.2, 0.25) is 0 Å². The highest BCUT2D eigenvalue weighted by atomic mass is 32.2. The third kappa shape index (κ3) is 3.84. The molecule has 0 N–H and O–H groups in total. The fourth-order valence-electron chi connectivity index (χ4n) is 4.07. The van der Waals surface area contributed by atoms with E-state index in [4.69, 9.17) is 14.2 Å². The van der Waals surface area contributed by atoms with Gasteiger partial charge in [-0.3, -0.25) is 9.69 Å². The van der Waals surface area contributed by atoms with E-state index < -0.39 is 0 Å². The molecule has 0 aliphatic carbocycles. The van der Waals surface area contributed by atoms with Gasteiger partial charge < -0.3 is 19.1 Å². The summed E-state index contributed by atoms with van der Waals surface area (Å²) in [6.45, 7) is 2.48. The molecule has 2 aliphatic rings. The number of anilines is 1. The van der Waals surface area contributed by atoms with Crippen molar-refractivity contribution in [1.82, 2.24) is 4.90 Å². The van der Waals surface area contributed by atoms with Crippen molar-refractivity contribution in [1.29, 1.82) is 5.26 Å². The van der Waals surface area contributed by atoms with Crippen molar-refractivity contribution >= 4 is 23.4 Å². The number of fused-ring (bicyclic) bond motifs is 1. The quantitative estimate of drug-likeness (QED) is 0.673. The fourth-order valence-corrected chi connectivity index (χ4v) is 5.24. The van der Waals surface area contributed by atoms with E-state index in [0.29, 0.717) is 35.4 Å². The molecular weight excluding hydrogens is 426 g/mol. The molecule has 4 rings (SSSR count). The molecule has 7 nitrogen and oxygen atoms in total. The zero-order chi connectivity index (χ0) is 22.8. The van der Waals surface area contributed by atoms with Gasteiger partial charge in [-0.25, -0.2) is 0 Å². The third-order valence-electron chi connectivity index (χ3n) is 5.78. The Morgan fingerprint density at radius 1 is 1.06 bits per heavy atom. The van der Waals surface area contributed by atoms with Crippen LogP contribution in [0.3, 0.4) is 0 Å². The molecule has 1 amide bonds. The van der Waals surface area contributed by atoms with Crippen molar-refractivity contribution in [3.63, 3.8) is 0 Å². The van der Waals surface area contributed by atoms with Crippen molar-refractivity contribution in [2.24, 2.45) is 0 Å². The zero-order valence-electron chi connectivity index (χ0n) is 18.5. The molecule has 166 valence electrons. The smallest absolute Gasteiger partial charge is 0.229 e. The van der Waals surface area contributed by atoms with Crippen LogP contribution in [0.25, 0.3) is 0 Å². The van der Waals surface area contributed by atoms with Crippen LogP contribution in [-0.4, -0.2) is 44.7 Å². The van der Waals surface area contributed by atoms with Gasteiger partial charge in [-0.1, -0.05) is 29.5 Å². The average Bonchev–Trinajstić information content (AvgIpc) is 2.83. The minimum Gasteiger partial charge on any atom is -0.493 e. The molecule has 2 aromatic carbocycles. The van der Waals surface area contributed by atoms with Crippen LogP contribution in [0.15, 0.2) is 47.0 Å². The van der Waals surface area contributed by atoms with E-state index in [2.05, 4.69) is 35.2 Å². The predicted octanol–water partition coefficient (Wildman–Crippen LogP) is 4.24. The van der Waals surface area contributed by atoms with Crippen LogP contribution in [0.5, 0.6) is 17.2 Å². The first-order chi connectivity index (χ1) is 15.5. The third-order valence-corrected chi connectivity index (χ3v) is 6.94. The maximum Gasteiger partial charge on any atom is 0.229 e. The molecule has 0 radical (unpaired) electrons. The van der Waals surface area contributed by atoms with Crippen molar-refractivity contribution in [3.05, 3.63) is 58.1 Å². The summed E-state index contributed by atoms with van der Waals surface area (Å²) < 4.78 is 16.4. The Bertz CT molecular complexity index is 1080. The molecule has 0 spiro atoms. The highest BCUT2D eigenvalue weighted by Crippen LogP contribution is 2.47. The van der Waals surface area contributed by atoms with Gasteiger partial charge in [0.2, 0.25) is 11.7 Å². The summed E-state index contributed by atoms with van der Waals surface area (Å²) in [5.74, 6) is 1.76. The van der Waals surface area contributed by atoms with Gasteiger partial charge >= 0.3 is 0 Å². The molecule has 1 atom stereocenters. The summed E-state index contributed by atoms with van der Waals surface area (Å²) in [6, 6.07) is 14.2. The topological polar surface area (TPSA) is 75.0 Å². The van der Waals surface area contributed by atoms with Gasteiger partial charge in [-0.2, -0.15) is 5.26 Å². The maximum absolute atomic E-state index is 13.2. The number of nitrogens with zero attached hydrogens (tertiary/aromatic N) is 3. The number of thioether (sulfide) groups is 1. The SMILES string of the molecule is COc1cc(C2CC(=O)N3CN(c4ccc(C)cc4)CSC3=C2C#N)cc(OC)c1OC. The number of ether oxygens (including phenoxy) is 3. The van der Waals surface area contributed by atoms with Gasteiger partial charge in [-0.05, 0) is 36.8 Å². The second-order valence-corrected chi connectivity index (χ2v) is 8.59. The molecule has 0 aromatic heterocycles. The summed E-state index contributed by atoms with van der Waals surface area (Å²) in [5, 5.41) is 10.8. The lowest BCUT2D eigenvalue weighted by atomic mass is 9.86. The van der Waals surface area contributed by atoms with Crippen LogP contribution in [0.4, 0.5) is 5.69 Å². The zero-order valence-corrected chi connectivity index (χ0v) is 19.4. The second kappa shape index (κ2) is 9.05. The van der Waals surface area contributed by atoms with E-state index in [1.165, 1.54) is 17.3 Å². The minimum absolute atomic E-state index is 0.0120. The summed E-state index contributed by atoms with van der Waals surface area (Å²) >= 11 is 1.52. The monoisotopic (exact) mass is 451 g/mol. The molecule has 1 fully saturated rings. The molecule has 8 heteroatoms. The van der Waals surface area contributed by atoms with Gasteiger partial charge in [0, 0.05) is 18.0 Å². The number of benzene rings is 2.